The van der Waals surface area contributed by atoms with Crippen LogP contribution >= 0.6 is 11.6 Å². The first-order valence-electron chi connectivity index (χ1n) is 6.44. The number of nitrogens with one attached hydrogen (secondary N) is 1. The van der Waals surface area contributed by atoms with Gasteiger partial charge in [-0.15, -0.1) is 0 Å². The van der Waals surface area contributed by atoms with Crippen molar-refractivity contribution in [1.82, 2.24) is 0 Å². The summed E-state index contributed by atoms with van der Waals surface area (Å²) in [6, 6.07) is 10.8. The van der Waals surface area contributed by atoms with Gasteiger partial charge in [0.2, 0.25) is 0 Å². The number of halogens is 2. The van der Waals surface area contributed by atoms with Crippen LogP contribution in [0.3, 0.4) is 0 Å². The molecular weight excluding hydrogens is 293 g/mol. The summed E-state index contributed by atoms with van der Waals surface area (Å²) in [5.74, 6) is -0.706. The van der Waals surface area contributed by atoms with E-state index in [-0.39, 0.29) is 12.3 Å². The zero-order chi connectivity index (χ0) is 15.4. The molecule has 0 amide bonds. The van der Waals surface area contributed by atoms with Crippen molar-refractivity contribution >= 4 is 23.1 Å². The number of ketones is 1. The smallest absolute Gasteiger partial charge is 0.159 e. The number of rotatable bonds is 5. The Labute approximate surface area is 127 Å². The highest BCUT2D eigenvalue weighted by atomic mass is 35.5. The SMILES string of the molecule is CC(=O)c1cc(F)cc(NCC(O)c2ccc(Cl)cc2)c1. The minimum Gasteiger partial charge on any atom is -0.387 e. The molecule has 2 N–H and O–H groups in total. The summed E-state index contributed by atoms with van der Waals surface area (Å²) in [5, 5.41) is 13.6. The van der Waals surface area contributed by atoms with Gasteiger partial charge in [-0.25, -0.2) is 4.39 Å². The van der Waals surface area contributed by atoms with E-state index in [0.29, 0.717) is 21.8 Å². The number of carbonyl (C=O) groups excluding carboxylic acids is 1. The van der Waals surface area contributed by atoms with Crippen molar-refractivity contribution in [2.24, 2.45) is 0 Å². The lowest BCUT2D eigenvalue weighted by atomic mass is 10.1. The van der Waals surface area contributed by atoms with Crippen molar-refractivity contribution in [3.63, 3.8) is 0 Å². The Hall–Kier alpha value is -1.91. The average molecular weight is 308 g/mol. The molecule has 1 unspecified atom stereocenters. The van der Waals surface area contributed by atoms with Gasteiger partial charge in [-0.2, -0.15) is 0 Å². The molecule has 0 heterocycles. The number of aliphatic hydroxyl groups excluding tert-OH is 1. The van der Waals surface area contributed by atoms with Gasteiger partial charge in [0, 0.05) is 22.8 Å². The highest BCUT2D eigenvalue weighted by Gasteiger charge is 2.09. The van der Waals surface area contributed by atoms with Gasteiger partial charge in [0.05, 0.1) is 6.10 Å². The Morgan fingerprint density at radius 3 is 2.57 bits per heavy atom. The fourth-order valence-electron chi connectivity index (χ4n) is 1.91. The monoisotopic (exact) mass is 307 g/mol. The van der Waals surface area contributed by atoms with Crippen molar-refractivity contribution in [2.75, 3.05) is 11.9 Å². The van der Waals surface area contributed by atoms with Crippen molar-refractivity contribution in [2.45, 2.75) is 13.0 Å². The molecule has 3 nitrogen and oxygen atoms in total. The molecule has 2 aromatic rings. The largest absolute Gasteiger partial charge is 0.387 e. The molecule has 0 aromatic heterocycles. The van der Waals surface area contributed by atoms with Crippen LogP contribution in [-0.2, 0) is 0 Å². The van der Waals surface area contributed by atoms with Gasteiger partial charge in [0.1, 0.15) is 5.82 Å². The lowest BCUT2D eigenvalue weighted by molar-refractivity contribution is 0.101. The molecule has 0 saturated carbocycles. The summed E-state index contributed by atoms with van der Waals surface area (Å²) in [6.07, 6.45) is -0.758. The third-order valence-corrected chi connectivity index (χ3v) is 3.31. The number of aliphatic hydroxyl groups is 1. The molecule has 0 aliphatic carbocycles. The Balaban J connectivity index is 2.05. The van der Waals surface area contributed by atoms with Crippen LogP contribution in [0.1, 0.15) is 28.9 Å². The second-order valence-corrected chi connectivity index (χ2v) is 5.17. The van der Waals surface area contributed by atoms with Crippen molar-refractivity contribution in [3.8, 4) is 0 Å². The van der Waals surface area contributed by atoms with Crippen LogP contribution in [0.5, 0.6) is 0 Å². The third kappa shape index (κ3) is 4.28. The minimum atomic E-state index is -0.758. The minimum absolute atomic E-state index is 0.197. The number of Topliss-reactive ketones (excluding diaryl/α,β-unsaturated/α-hetero) is 1. The lowest BCUT2D eigenvalue weighted by Crippen LogP contribution is -2.12. The molecule has 1 atom stereocenters. The highest BCUT2D eigenvalue weighted by Crippen LogP contribution is 2.19. The van der Waals surface area contributed by atoms with E-state index in [4.69, 9.17) is 11.6 Å². The molecule has 0 fully saturated rings. The van der Waals surface area contributed by atoms with Gasteiger partial charge in [0.15, 0.2) is 5.78 Å². The summed E-state index contributed by atoms with van der Waals surface area (Å²) in [7, 11) is 0. The van der Waals surface area contributed by atoms with Crippen LogP contribution in [0.25, 0.3) is 0 Å². The average Bonchev–Trinajstić information content (AvgIpc) is 2.45. The lowest BCUT2D eigenvalue weighted by Gasteiger charge is -2.14. The molecule has 110 valence electrons. The van der Waals surface area contributed by atoms with E-state index < -0.39 is 11.9 Å². The van der Waals surface area contributed by atoms with E-state index in [0.717, 1.165) is 0 Å². The quantitative estimate of drug-likeness (QED) is 0.825. The summed E-state index contributed by atoms with van der Waals surface area (Å²) < 4.78 is 13.4. The maximum absolute atomic E-state index is 13.4. The normalized spacial score (nSPS) is 12.0. The second kappa shape index (κ2) is 6.70. The Bertz CT molecular complexity index is 643. The molecule has 21 heavy (non-hydrogen) atoms. The maximum Gasteiger partial charge on any atom is 0.159 e. The molecule has 0 bridgehead atoms. The number of carbonyl (C=O) groups is 1. The third-order valence-electron chi connectivity index (χ3n) is 3.06. The topological polar surface area (TPSA) is 49.3 Å². The Kier molecular flexibility index (Phi) is 4.94. The van der Waals surface area contributed by atoms with Crippen LogP contribution in [0.15, 0.2) is 42.5 Å². The van der Waals surface area contributed by atoms with Crippen molar-refractivity contribution in [1.29, 1.82) is 0 Å². The second-order valence-electron chi connectivity index (χ2n) is 4.73. The zero-order valence-electron chi connectivity index (χ0n) is 11.4. The molecular formula is C16H15ClFNO2. The van der Waals surface area contributed by atoms with Gasteiger partial charge >= 0.3 is 0 Å². The van der Waals surface area contributed by atoms with Crippen molar-refractivity contribution < 1.29 is 14.3 Å². The summed E-state index contributed by atoms with van der Waals surface area (Å²) in [6.45, 7) is 1.57. The van der Waals surface area contributed by atoms with E-state index >= 15 is 0 Å². The van der Waals surface area contributed by atoms with Crippen LogP contribution < -0.4 is 5.32 Å². The number of anilines is 1. The fourth-order valence-corrected chi connectivity index (χ4v) is 2.04. The number of hydrogen-bond donors (Lipinski definition) is 2. The number of benzene rings is 2. The maximum atomic E-state index is 13.4. The number of hydrogen-bond acceptors (Lipinski definition) is 3. The standard InChI is InChI=1S/C16H15ClFNO2/c1-10(20)12-6-14(18)8-15(7-12)19-9-16(21)11-2-4-13(17)5-3-11/h2-8,16,19,21H,9H2,1H3. The molecule has 2 rings (SSSR count). The first kappa shape index (κ1) is 15.5. The van der Waals surface area contributed by atoms with Gasteiger partial charge in [-0.3, -0.25) is 4.79 Å². The zero-order valence-corrected chi connectivity index (χ0v) is 12.2. The van der Waals surface area contributed by atoms with Gasteiger partial charge in [-0.05, 0) is 42.8 Å². The predicted molar refractivity (Wildman–Crippen MR) is 81.3 cm³/mol. The van der Waals surface area contributed by atoms with E-state index in [9.17, 15) is 14.3 Å². The first-order chi connectivity index (χ1) is 9.95. The molecule has 5 heteroatoms. The Morgan fingerprint density at radius 1 is 1.29 bits per heavy atom. The molecule has 0 saturated heterocycles. The molecule has 0 aliphatic rings. The van der Waals surface area contributed by atoms with Crippen molar-refractivity contribution in [3.05, 3.63) is 64.4 Å². The van der Waals surface area contributed by atoms with E-state index in [1.165, 1.54) is 19.1 Å². The van der Waals surface area contributed by atoms with E-state index in [2.05, 4.69) is 5.32 Å². The van der Waals surface area contributed by atoms with Crippen LogP contribution in [0.2, 0.25) is 5.02 Å². The summed E-state index contributed by atoms with van der Waals surface area (Å²) >= 11 is 5.78. The van der Waals surface area contributed by atoms with Crippen LogP contribution in [0, 0.1) is 5.82 Å². The summed E-state index contributed by atoms with van der Waals surface area (Å²) in [5.41, 5.74) is 1.45. The Morgan fingerprint density at radius 2 is 1.95 bits per heavy atom. The molecule has 0 radical (unpaired) electrons. The molecule has 0 aliphatic heterocycles. The fraction of sp³-hybridized carbons (Fsp3) is 0.188. The molecule has 2 aromatic carbocycles. The van der Waals surface area contributed by atoms with Gasteiger partial charge in [0.25, 0.3) is 0 Å². The predicted octanol–water partition coefficient (Wildman–Crippen LogP) is 3.83. The summed E-state index contributed by atoms with van der Waals surface area (Å²) in [4.78, 5) is 11.3. The first-order valence-corrected chi connectivity index (χ1v) is 6.82. The highest BCUT2D eigenvalue weighted by molar-refractivity contribution is 6.30. The van der Waals surface area contributed by atoms with E-state index in [1.54, 1.807) is 30.3 Å². The van der Waals surface area contributed by atoms with Gasteiger partial charge in [-0.1, -0.05) is 23.7 Å². The van der Waals surface area contributed by atoms with E-state index in [1.807, 2.05) is 0 Å². The van der Waals surface area contributed by atoms with Crippen LogP contribution in [0.4, 0.5) is 10.1 Å². The van der Waals surface area contributed by atoms with Crippen LogP contribution in [-0.4, -0.2) is 17.4 Å². The van der Waals surface area contributed by atoms with Gasteiger partial charge < -0.3 is 10.4 Å². The molecule has 0 spiro atoms.